The van der Waals surface area contributed by atoms with Crippen LogP contribution >= 0.6 is 0 Å². The van der Waals surface area contributed by atoms with Gasteiger partial charge in [-0.3, -0.25) is 4.79 Å². The van der Waals surface area contributed by atoms with Crippen molar-refractivity contribution in [3.63, 3.8) is 0 Å². The van der Waals surface area contributed by atoms with Crippen molar-refractivity contribution in [1.82, 2.24) is 0 Å². The molecule has 0 saturated heterocycles. The van der Waals surface area contributed by atoms with Gasteiger partial charge in [-0.2, -0.15) is 0 Å². The molecule has 5 aliphatic rings. The molecule has 6 atom stereocenters. The molecule has 58 valence electrons. The maximum absolute atomic E-state index is 11.4. The smallest absolute Gasteiger partial charge is 0.312 e. The predicted molar refractivity (Wildman–Crippen MR) is 36.5 cm³/mol. The lowest BCUT2D eigenvalue weighted by molar-refractivity contribution is -0.151. The average Bonchev–Trinajstić information content (AvgIpc) is 2.64. The van der Waals surface area contributed by atoms with Gasteiger partial charge in [0.15, 0.2) is 0 Å². The molecule has 5 fully saturated rings. The Hall–Kier alpha value is -0.530. The molecule has 0 N–H and O–H groups in total. The van der Waals surface area contributed by atoms with Crippen LogP contribution in [0.5, 0.6) is 0 Å². The number of ether oxygens (including phenoxy) is 1. The van der Waals surface area contributed by atoms with Crippen LogP contribution in [0.1, 0.15) is 6.42 Å². The van der Waals surface area contributed by atoms with Gasteiger partial charge >= 0.3 is 5.97 Å². The largest absolute Gasteiger partial charge is 0.469 e. The van der Waals surface area contributed by atoms with E-state index in [9.17, 15) is 4.79 Å². The van der Waals surface area contributed by atoms with E-state index in [-0.39, 0.29) is 11.4 Å². The van der Waals surface area contributed by atoms with Gasteiger partial charge in [-0.1, -0.05) is 0 Å². The Kier molecular flexibility index (Phi) is 0.493. The van der Waals surface area contributed by atoms with Gasteiger partial charge in [0.1, 0.15) is 0 Å². The van der Waals surface area contributed by atoms with E-state index < -0.39 is 0 Å². The second kappa shape index (κ2) is 1.05. The van der Waals surface area contributed by atoms with Gasteiger partial charge in [-0.25, -0.2) is 0 Å². The minimum Gasteiger partial charge on any atom is -0.469 e. The summed E-state index contributed by atoms with van der Waals surface area (Å²) >= 11 is 0. The zero-order chi connectivity index (χ0) is 7.38. The molecule has 2 heteroatoms. The molecule has 2 nitrogen and oxygen atoms in total. The Balaban J connectivity index is 1.82. The first-order valence-corrected chi connectivity index (χ1v) is 4.42. The standard InChI is InChI=1S/C9H10O2/c1-11-8(10)9-4-2-3-5(6(3)9)7(4)9/h3-7H,2H2,1H3/t3-,4+,5+,6-,7-,9+/m0/s1. The van der Waals surface area contributed by atoms with Crippen molar-refractivity contribution in [1.29, 1.82) is 0 Å². The number of rotatable bonds is 1. The Bertz CT molecular complexity index is 264. The van der Waals surface area contributed by atoms with Gasteiger partial charge in [-0.15, -0.1) is 0 Å². The molecule has 11 heavy (non-hydrogen) atoms. The number of hydrogen-bond donors (Lipinski definition) is 0. The van der Waals surface area contributed by atoms with Crippen LogP contribution in [0.15, 0.2) is 0 Å². The third kappa shape index (κ3) is 0.256. The monoisotopic (exact) mass is 150 g/mol. The second-order valence-electron chi connectivity index (χ2n) is 4.56. The van der Waals surface area contributed by atoms with Crippen LogP contribution in [0.4, 0.5) is 0 Å². The van der Waals surface area contributed by atoms with Crippen molar-refractivity contribution in [2.45, 2.75) is 6.42 Å². The molecule has 0 amide bonds. The fraction of sp³-hybridized carbons (Fsp3) is 0.889. The summed E-state index contributed by atoms with van der Waals surface area (Å²) in [4.78, 5) is 11.4. The minimum atomic E-state index is 0.101. The quantitative estimate of drug-likeness (QED) is 0.513. The van der Waals surface area contributed by atoms with Crippen LogP contribution in [0.2, 0.25) is 0 Å². The van der Waals surface area contributed by atoms with E-state index in [1.165, 1.54) is 13.5 Å². The summed E-state index contributed by atoms with van der Waals surface area (Å²) in [6.07, 6.45) is 1.34. The average molecular weight is 150 g/mol. The van der Waals surface area contributed by atoms with Crippen LogP contribution in [-0.2, 0) is 9.53 Å². The lowest BCUT2D eigenvalue weighted by Gasteiger charge is -2.21. The maximum atomic E-state index is 11.4. The number of carbonyl (C=O) groups is 1. The second-order valence-corrected chi connectivity index (χ2v) is 4.56. The number of hydrogen-bond acceptors (Lipinski definition) is 2. The Morgan fingerprint density at radius 3 is 2.73 bits per heavy atom. The molecular weight excluding hydrogens is 140 g/mol. The highest BCUT2D eigenvalue weighted by molar-refractivity contribution is 5.87. The zero-order valence-electron chi connectivity index (χ0n) is 6.41. The van der Waals surface area contributed by atoms with Gasteiger partial charge < -0.3 is 4.74 Å². The topological polar surface area (TPSA) is 26.3 Å². The molecule has 0 unspecified atom stereocenters. The molecule has 5 saturated carbocycles. The Morgan fingerprint density at radius 1 is 1.55 bits per heavy atom. The highest BCUT2D eigenvalue weighted by atomic mass is 16.5. The van der Waals surface area contributed by atoms with E-state index in [1.807, 2.05) is 0 Å². The number of esters is 1. The van der Waals surface area contributed by atoms with E-state index >= 15 is 0 Å². The summed E-state index contributed by atoms with van der Waals surface area (Å²) in [6, 6.07) is 0. The van der Waals surface area contributed by atoms with Gasteiger partial charge in [0.25, 0.3) is 0 Å². The van der Waals surface area contributed by atoms with Crippen molar-refractivity contribution in [2.75, 3.05) is 7.11 Å². The van der Waals surface area contributed by atoms with Crippen molar-refractivity contribution in [3.8, 4) is 0 Å². The summed E-state index contributed by atoms with van der Waals surface area (Å²) in [7, 11) is 1.53. The van der Waals surface area contributed by atoms with Crippen LogP contribution in [0, 0.1) is 35.0 Å². The fourth-order valence-corrected chi connectivity index (χ4v) is 4.55. The summed E-state index contributed by atoms with van der Waals surface area (Å²) < 4.78 is 4.85. The number of methoxy groups -OCH3 is 1. The molecule has 5 aliphatic carbocycles. The Morgan fingerprint density at radius 2 is 2.36 bits per heavy atom. The first-order chi connectivity index (χ1) is 5.33. The molecule has 0 aromatic rings. The SMILES string of the molecule is COC(=O)[C@]12[C@@H]3[C@@H]4[C@H](C[C@H]31)[C@@H]42. The van der Waals surface area contributed by atoms with Crippen molar-refractivity contribution in [2.24, 2.45) is 35.0 Å². The van der Waals surface area contributed by atoms with E-state index in [0.29, 0.717) is 0 Å². The molecule has 0 heterocycles. The molecule has 0 spiro atoms. The van der Waals surface area contributed by atoms with Gasteiger partial charge in [-0.05, 0) is 36.0 Å². The van der Waals surface area contributed by atoms with Crippen LogP contribution in [-0.4, -0.2) is 13.1 Å². The third-order valence-electron chi connectivity index (χ3n) is 4.75. The normalized spacial score (nSPS) is 71.5. The maximum Gasteiger partial charge on any atom is 0.312 e. The molecule has 0 radical (unpaired) electrons. The van der Waals surface area contributed by atoms with E-state index in [2.05, 4.69) is 0 Å². The fourth-order valence-electron chi connectivity index (χ4n) is 4.55. The van der Waals surface area contributed by atoms with Gasteiger partial charge in [0.05, 0.1) is 12.5 Å². The molecular formula is C9H10O2. The lowest BCUT2D eigenvalue weighted by atomic mass is 9.85. The van der Waals surface area contributed by atoms with Crippen LogP contribution in [0.3, 0.4) is 0 Å². The molecule has 0 aromatic carbocycles. The summed E-state index contributed by atoms with van der Waals surface area (Å²) in [5, 5.41) is 0. The van der Waals surface area contributed by atoms with Crippen molar-refractivity contribution >= 4 is 5.97 Å². The van der Waals surface area contributed by atoms with Crippen molar-refractivity contribution < 1.29 is 9.53 Å². The van der Waals surface area contributed by atoms with E-state index in [0.717, 1.165) is 29.6 Å². The van der Waals surface area contributed by atoms with Crippen molar-refractivity contribution in [3.05, 3.63) is 0 Å². The number of carbonyl (C=O) groups excluding carboxylic acids is 1. The summed E-state index contributed by atoms with van der Waals surface area (Å²) in [6.45, 7) is 0. The highest BCUT2D eigenvalue weighted by Crippen LogP contribution is 2.98. The highest BCUT2D eigenvalue weighted by Gasteiger charge is 2.99. The van der Waals surface area contributed by atoms with Gasteiger partial charge in [0, 0.05) is 0 Å². The summed E-state index contributed by atoms with van der Waals surface area (Å²) in [5.74, 6) is 4.35. The summed E-state index contributed by atoms with van der Waals surface area (Å²) in [5.41, 5.74) is 0.101. The van der Waals surface area contributed by atoms with Gasteiger partial charge in [0.2, 0.25) is 0 Å². The zero-order valence-corrected chi connectivity index (χ0v) is 6.41. The van der Waals surface area contributed by atoms with E-state index in [1.54, 1.807) is 0 Å². The first kappa shape index (κ1) is 5.18. The molecule has 2 bridgehead atoms. The van der Waals surface area contributed by atoms with E-state index in [4.69, 9.17) is 4.74 Å². The van der Waals surface area contributed by atoms with Crippen LogP contribution < -0.4 is 0 Å². The Labute approximate surface area is 64.9 Å². The lowest BCUT2D eigenvalue weighted by Crippen LogP contribution is -2.29. The predicted octanol–water partition coefficient (Wildman–Crippen LogP) is 0.671. The van der Waals surface area contributed by atoms with Crippen LogP contribution in [0.25, 0.3) is 0 Å². The molecule has 0 aliphatic heterocycles. The first-order valence-electron chi connectivity index (χ1n) is 4.42. The molecule has 5 rings (SSSR count). The minimum absolute atomic E-state index is 0.101. The molecule has 0 aromatic heterocycles. The third-order valence-corrected chi connectivity index (χ3v) is 4.75.